The van der Waals surface area contributed by atoms with Gasteiger partial charge in [-0.2, -0.15) is 0 Å². The van der Waals surface area contributed by atoms with Crippen LogP contribution in [0.1, 0.15) is 48.0 Å². The molecule has 0 spiro atoms. The third kappa shape index (κ3) is 3.80. The summed E-state index contributed by atoms with van der Waals surface area (Å²) in [6.45, 7) is 12.1. The molecule has 0 bridgehead atoms. The number of carbonyl (C=O) groups excluding carboxylic acids is 2. The van der Waals surface area contributed by atoms with Crippen LogP contribution in [0, 0.1) is 11.8 Å². The van der Waals surface area contributed by atoms with E-state index in [4.69, 9.17) is 4.74 Å². The Morgan fingerprint density at radius 1 is 1.28 bits per heavy atom. The molecule has 0 aromatic rings. The number of hydrogen-bond donors (Lipinski definition) is 0. The third-order valence-corrected chi connectivity index (χ3v) is 3.08. The highest BCUT2D eigenvalue weighted by atomic mass is 16.5. The molecular weight excluding hydrogens is 230 g/mol. The van der Waals surface area contributed by atoms with Crippen molar-refractivity contribution in [1.82, 2.24) is 4.90 Å². The Kier molecular flexibility index (Phi) is 4.54. The van der Waals surface area contributed by atoms with Crippen molar-refractivity contribution in [1.29, 1.82) is 0 Å². The first-order valence-electron chi connectivity index (χ1n) is 6.64. The molecule has 1 fully saturated rings. The second-order valence-electron chi connectivity index (χ2n) is 6.44. The van der Waals surface area contributed by atoms with Crippen LogP contribution in [0.15, 0.2) is 0 Å². The third-order valence-electron chi connectivity index (χ3n) is 3.08. The first-order valence-corrected chi connectivity index (χ1v) is 6.64. The maximum Gasteiger partial charge on any atom is 0.233 e. The number of likely N-dealkylation sites (tertiary alicyclic amines) is 1. The van der Waals surface area contributed by atoms with Gasteiger partial charge in [-0.1, -0.05) is 13.8 Å². The van der Waals surface area contributed by atoms with Crippen LogP contribution in [0.4, 0.5) is 0 Å². The van der Waals surface area contributed by atoms with Crippen LogP contribution in [-0.4, -0.2) is 35.0 Å². The summed E-state index contributed by atoms with van der Waals surface area (Å²) >= 11 is 0. The standard InChI is InChI=1S/C14H25NO3/c1-9(2)11-7-12(16)15(13(11)17)8-10(3)18-14(4,5)6/h9-11H,7-8H2,1-6H3/t10-,11?/m1/s1. The number of imide groups is 1. The number of hydrogen-bond acceptors (Lipinski definition) is 3. The predicted molar refractivity (Wildman–Crippen MR) is 70.0 cm³/mol. The van der Waals surface area contributed by atoms with Crippen molar-refractivity contribution < 1.29 is 14.3 Å². The number of nitrogens with zero attached hydrogens (tertiary/aromatic N) is 1. The topological polar surface area (TPSA) is 46.6 Å². The lowest BCUT2D eigenvalue weighted by molar-refractivity contribution is -0.144. The minimum atomic E-state index is -0.261. The van der Waals surface area contributed by atoms with Crippen LogP contribution in [0.3, 0.4) is 0 Å². The van der Waals surface area contributed by atoms with E-state index in [1.807, 2.05) is 41.5 Å². The van der Waals surface area contributed by atoms with Gasteiger partial charge >= 0.3 is 0 Å². The molecule has 0 aromatic heterocycles. The predicted octanol–water partition coefficient (Wildman–Crippen LogP) is 2.22. The highest BCUT2D eigenvalue weighted by Crippen LogP contribution is 2.27. The average Bonchev–Trinajstić information content (AvgIpc) is 2.42. The quantitative estimate of drug-likeness (QED) is 0.724. The molecule has 1 rings (SSSR count). The number of amides is 2. The van der Waals surface area contributed by atoms with Crippen LogP contribution >= 0.6 is 0 Å². The van der Waals surface area contributed by atoms with Crippen molar-refractivity contribution in [3.8, 4) is 0 Å². The first-order chi connectivity index (χ1) is 8.11. The Balaban J connectivity index is 2.62. The van der Waals surface area contributed by atoms with Gasteiger partial charge in [0, 0.05) is 12.3 Å². The van der Waals surface area contributed by atoms with E-state index >= 15 is 0 Å². The fourth-order valence-corrected chi connectivity index (χ4v) is 2.32. The molecule has 1 aliphatic rings. The summed E-state index contributed by atoms with van der Waals surface area (Å²) < 4.78 is 5.75. The highest BCUT2D eigenvalue weighted by Gasteiger charge is 2.40. The fraction of sp³-hybridized carbons (Fsp3) is 0.857. The summed E-state index contributed by atoms with van der Waals surface area (Å²) in [7, 11) is 0. The lowest BCUT2D eigenvalue weighted by atomic mass is 9.94. The second kappa shape index (κ2) is 5.39. The van der Waals surface area contributed by atoms with E-state index in [2.05, 4.69) is 0 Å². The molecule has 0 radical (unpaired) electrons. The molecular formula is C14H25NO3. The molecule has 4 nitrogen and oxygen atoms in total. The molecule has 0 aliphatic carbocycles. The molecule has 104 valence electrons. The Labute approximate surface area is 110 Å². The van der Waals surface area contributed by atoms with Gasteiger partial charge in [0.05, 0.1) is 18.2 Å². The van der Waals surface area contributed by atoms with Gasteiger partial charge in [0.2, 0.25) is 11.8 Å². The van der Waals surface area contributed by atoms with Crippen LogP contribution < -0.4 is 0 Å². The van der Waals surface area contributed by atoms with Crippen molar-refractivity contribution in [2.45, 2.75) is 59.7 Å². The summed E-state index contributed by atoms with van der Waals surface area (Å²) in [6, 6.07) is 0. The zero-order valence-corrected chi connectivity index (χ0v) is 12.3. The van der Waals surface area contributed by atoms with Crippen LogP contribution in [0.2, 0.25) is 0 Å². The SMILES string of the molecule is CC(C)C1CC(=O)N(C[C@@H](C)OC(C)(C)C)C1=O. The van der Waals surface area contributed by atoms with Gasteiger partial charge in [0.15, 0.2) is 0 Å². The fourth-order valence-electron chi connectivity index (χ4n) is 2.32. The molecule has 0 N–H and O–H groups in total. The lowest BCUT2D eigenvalue weighted by Gasteiger charge is -2.27. The van der Waals surface area contributed by atoms with Crippen molar-refractivity contribution >= 4 is 11.8 Å². The normalized spacial score (nSPS) is 23.1. The molecule has 0 aromatic carbocycles. The summed E-state index contributed by atoms with van der Waals surface area (Å²) in [6.07, 6.45) is 0.211. The maximum atomic E-state index is 12.1. The summed E-state index contributed by atoms with van der Waals surface area (Å²) in [5.74, 6) is -0.0490. The van der Waals surface area contributed by atoms with Gasteiger partial charge in [-0.25, -0.2) is 0 Å². The zero-order valence-electron chi connectivity index (χ0n) is 12.3. The number of ether oxygens (including phenoxy) is 1. The molecule has 2 atom stereocenters. The Hall–Kier alpha value is -0.900. The molecule has 18 heavy (non-hydrogen) atoms. The van der Waals surface area contributed by atoms with Crippen LogP contribution in [0.5, 0.6) is 0 Å². The molecule has 1 aliphatic heterocycles. The van der Waals surface area contributed by atoms with E-state index in [0.29, 0.717) is 13.0 Å². The number of rotatable bonds is 4. The van der Waals surface area contributed by atoms with E-state index in [9.17, 15) is 9.59 Å². The van der Waals surface area contributed by atoms with Gasteiger partial charge in [-0.15, -0.1) is 0 Å². The highest BCUT2D eigenvalue weighted by molar-refractivity contribution is 6.03. The smallest absolute Gasteiger partial charge is 0.233 e. The second-order valence-corrected chi connectivity index (χ2v) is 6.44. The Bertz CT molecular complexity index is 330. The van der Waals surface area contributed by atoms with Crippen LogP contribution in [-0.2, 0) is 14.3 Å². The molecule has 1 unspecified atom stereocenters. The maximum absolute atomic E-state index is 12.1. The lowest BCUT2D eigenvalue weighted by Crippen LogP contribution is -2.40. The first kappa shape index (κ1) is 15.2. The summed E-state index contributed by atoms with van der Waals surface area (Å²) in [5, 5.41) is 0. The summed E-state index contributed by atoms with van der Waals surface area (Å²) in [5.41, 5.74) is -0.261. The molecule has 0 saturated carbocycles. The molecule has 2 amide bonds. The van der Waals surface area contributed by atoms with E-state index in [0.717, 1.165) is 0 Å². The monoisotopic (exact) mass is 255 g/mol. The van der Waals surface area contributed by atoms with Crippen molar-refractivity contribution in [2.75, 3.05) is 6.54 Å². The Morgan fingerprint density at radius 2 is 1.83 bits per heavy atom. The Morgan fingerprint density at radius 3 is 2.22 bits per heavy atom. The minimum absolute atomic E-state index is 0.0423. The average molecular weight is 255 g/mol. The largest absolute Gasteiger partial charge is 0.371 e. The number of carbonyl (C=O) groups is 2. The van der Waals surface area contributed by atoms with Gasteiger partial charge < -0.3 is 4.74 Å². The van der Waals surface area contributed by atoms with E-state index in [-0.39, 0.29) is 35.4 Å². The van der Waals surface area contributed by atoms with Crippen LogP contribution in [0.25, 0.3) is 0 Å². The minimum Gasteiger partial charge on any atom is -0.371 e. The van der Waals surface area contributed by atoms with E-state index in [1.165, 1.54) is 4.90 Å². The molecule has 1 heterocycles. The summed E-state index contributed by atoms with van der Waals surface area (Å²) in [4.78, 5) is 25.3. The van der Waals surface area contributed by atoms with Crippen molar-refractivity contribution in [3.63, 3.8) is 0 Å². The van der Waals surface area contributed by atoms with Gasteiger partial charge in [-0.3, -0.25) is 14.5 Å². The van der Waals surface area contributed by atoms with Crippen molar-refractivity contribution in [3.05, 3.63) is 0 Å². The molecule has 4 heteroatoms. The zero-order chi connectivity index (χ0) is 14.1. The van der Waals surface area contributed by atoms with E-state index in [1.54, 1.807) is 0 Å². The van der Waals surface area contributed by atoms with Gasteiger partial charge in [0.1, 0.15) is 0 Å². The van der Waals surface area contributed by atoms with Gasteiger partial charge in [0.25, 0.3) is 0 Å². The van der Waals surface area contributed by atoms with E-state index < -0.39 is 0 Å². The van der Waals surface area contributed by atoms with Gasteiger partial charge in [-0.05, 0) is 33.6 Å². The molecule has 1 saturated heterocycles. The van der Waals surface area contributed by atoms with Crippen molar-refractivity contribution in [2.24, 2.45) is 11.8 Å².